The molecule has 0 spiro atoms. The Hall–Kier alpha value is -1.10. The maximum absolute atomic E-state index is 13.8. The molecule has 0 radical (unpaired) electrons. The van der Waals surface area contributed by atoms with Gasteiger partial charge >= 0.3 is 0 Å². The quantitative estimate of drug-likeness (QED) is 0.849. The monoisotopic (exact) mass is 343 g/mol. The Bertz CT molecular complexity index is 473. The molecule has 5 heteroatoms. The molecule has 0 aromatic heterocycles. The van der Waals surface area contributed by atoms with Gasteiger partial charge in [0.2, 0.25) is 0 Å². The molecular weight excluding hydrogens is 325 g/mol. The normalized spacial score (nSPS) is 22.4. The zero-order chi connectivity index (χ0) is 14.5. The van der Waals surface area contributed by atoms with Crippen LogP contribution in [-0.4, -0.2) is 24.4 Å². The van der Waals surface area contributed by atoms with Gasteiger partial charge in [-0.15, -0.1) is 0 Å². The molecule has 3 nitrogen and oxygen atoms in total. The van der Waals surface area contributed by atoms with Gasteiger partial charge in [-0.2, -0.15) is 0 Å². The molecule has 1 aromatic carbocycles. The van der Waals surface area contributed by atoms with Gasteiger partial charge in [-0.05, 0) is 43.7 Å². The number of benzene rings is 1. The van der Waals surface area contributed by atoms with E-state index in [1.165, 1.54) is 19.2 Å². The topological polar surface area (TPSA) is 38.3 Å². The molecule has 0 atom stereocenters. The van der Waals surface area contributed by atoms with Crippen LogP contribution >= 0.6 is 15.9 Å². The standard InChI is InChI=1S/C15H19BrFNO2/c1-20-12-6-7-13(14(17)8-12)15(19)18-9-10-2-4-11(16)5-3-10/h6-8,10-11H,2-5,9H2,1H3,(H,18,19). The number of carbonyl (C=O) groups excluding carboxylic acids is 1. The Kier molecular flexibility index (Phi) is 5.40. The van der Waals surface area contributed by atoms with Crippen molar-refractivity contribution in [3.63, 3.8) is 0 Å². The average Bonchev–Trinajstić information content (AvgIpc) is 2.46. The van der Waals surface area contributed by atoms with E-state index < -0.39 is 5.82 Å². The predicted molar refractivity (Wildman–Crippen MR) is 80.0 cm³/mol. The number of halogens is 2. The molecule has 110 valence electrons. The molecule has 0 heterocycles. The van der Waals surface area contributed by atoms with Crippen molar-refractivity contribution in [1.29, 1.82) is 0 Å². The molecule has 1 aliphatic carbocycles. The lowest BCUT2D eigenvalue weighted by Gasteiger charge is -2.25. The summed E-state index contributed by atoms with van der Waals surface area (Å²) in [6.45, 7) is 0.615. The van der Waals surface area contributed by atoms with Crippen LogP contribution in [-0.2, 0) is 0 Å². The van der Waals surface area contributed by atoms with Crippen LogP contribution in [0.15, 0.2) is 18.2 Å². The SMILES string of the molecule is COc1ccc(C(=O)NCC2CCC(Br)CC2)c(F)c1. The number of alkyl halides is 1. The summed E-state index contributed by atoms with van der Waals surface area (Å²) in [6, 6.07) is 4.28. The van der Waals surface area contributed by atoms with Crippen LogP contribution in [0.2, 0.25) is 0 Å². The van der Waals surface area contributed by atoms with E-state index in [4.69, 9.17) is 4.74 Å². The van der Waals surface area contributed by atoms with Gasteiger partial charge in [0.05, 0.1) is 12.7 Å². The summed E-state index contributed by atoms with van der Waals surface area (Å²) in [6.07, 6.45) is 4.47. The van der Waals surface area contributed by atoms with Crippen molar-refractivity contribution in [3.8, 4) is 5.75 Å². The minimum absolute atomic E-state index is 0.0694. The van der Waals surface area contributed by atoms with E-state index in [2.05, 4.69) is 21.2 Å². The first-order chi connectivity index (χ1) is 9.60. The molecular formula is C15H19BrFNO2. The fourth-order valence-electron chi connectivity index (χ4n) is 2.47. The van der Waals surface area contributed by atoms with Gasteiger partial charge in [0.25, 0.3) is 5.91 Å². The summed E-state index contributed by atoms with van der Waals surface area (Å²) in [5.41, 5.74) is 0.0694. The Labute approximate surface area is 127 Å². The van der Waals surface area contributed by atoms with Crippen molar-refractivity contribution in [1.82, 2.24) is 5.32 Å². The van der Waals surface area contributed by atoms with Gasteiger partial charge in [-0.3, -0.25) is 4.79 Å². The van der Waals surface area contributed by atoms with Crippen LogP contribution in [0.1, 0.15) is 36.0 Å². The van der Waals surface area contributed by atoms with E-state index in [1.54, 1.807) is 6.07 Å². The number of hydrogen-bond donors (Lipinski definition) is 1. The van der Waals surface area contributed by atoms with Crippen molar-refractivity contribution in [2.45, 2.75) is 30.5 Å². The van der Waals surface area contributed by atoms with Gasteiger partial charge < -0.3 is 10.1 Å². The fraction of sp³-hybridized carbons (Fsp3) is 0.533. The summed E-state index contributed by atoms with van der Waals surface area (Å²) in [4.78, 5) is 12.6. The minimum atomic E-state index is -0.550. The number of ether oxygens (including phenoxy) is 1. The third-order valence-corrected chi connectivity index (χ3v) is 4.66. The van der Waals surface area contributed by atoms with Gasteiger partial charge in [-0.1, -0.05) is 15.9 Å². The lowest BCUT2D eigenvalue weighted by molar-refractivity contribution is 0.0939. The molecule has 2 rings (SSSR count). The van der Waals surface area contributed by atoms with E-state index in [0.29, 0.717) is 23.0 Å². The highest BCUT2D eigenvalue weighted by molar-refractivity contribution is 9.09. The van der Waals surface area contributed by atoms with Crippen LogP contribution in [0.3, 0.4) is 0 Å². The fourth-order valence-corrected chi connectivity index (χ4v) is 2.99. The van der Waals surface area contributed by atoms with Crippen molar-refractivity contribution in [2.75, 3.05) is 13.7 Å². The highest BCUT2D eigenvalue weighted by Crippen LogP contribution is 2.28. The predicted octanol–water partition coefficient (Wildman–Crippen LogP) is 3.52. The second kappa shape index (κ2) is 7.07. The number of rotatable bonds is 4. The lowest BCUT2D eigenvalue weighted by Crippen LogP contribution is -2.31. The first-order valence-corrected chi connectivity index (χ1v) is 7.77. The Morgan fingerprint density at radius 2 is 2.10 bits per heavy atom. The Morgan fingerprint density at radius 1 is 1.40 bits per heavy atom. The molecule has 1 fully saturated rings. The third-order valence-electron chi connectivity index (χ3n) is 3.75. The molecule has 1 aliphatic rings. The van der Waals surface area contributed by atoms with E-state index in [0.717, 1.165) is 25.7 Å². The second-order valence-electron chi connectivity index (χ2n) is 5.17. The molecule has 0 aliphatic heterocycles. The number of methoxy groups -OCH3 is 1. The highest BCUT2D eigenvalue weighted by atomic mass is 79.9. The largest absolute Gasteiger partial charge is 0.497 e. The van der Waals surface area contributed by atoms with Gasteiger partial charge in [0.15, 0.2) is 0 Å². The van der Waals surface area contributed by atoms with Gasteiger partial charge in [0, 0.05) is 17.4 Å². The van der Waals surface area contributed by atoms with Crippen LogP contribution in [0, 0.1) is 11.7 Å². The second-order valence-corrected chi connectivity index (χ2v) is 6.47. The van der Waals surface area contributed by atoms with Crippen LogP contribution in [0.25, 0.3) is 0 Å². The van der Waals surface area contributed by atoms with Gasteiger partial charge in [-0.25, -0.2) is 4.39 Å². The Morgan fingerprint density at radius 3 is 2.70 bits per heavy atom. The summed E-state index contributed by atoms with van der Waals surface area (Å²) >= 11 is 3.61. The maximum Gasteiger partial charge on any atom is 0.254 e. The average molecular weight is 344 g/mol. The van der Waals surface area contributed by atoms with Crippen LogP contribution in [0.5, 0.6) is 5.75 Å². The molecule has 1 aromatic rings. The first-order valence-electron chi connectivity index (χ1n) is 6.86. The number of nitrogens with one attached hydrogen (secondary N) is 1. The van der Waals surface area contributed by atoms with Crippen molar-refractivity contribution < 1.29 is 13.9 Å². The molecule has 1 N–H and O–H groups in total. The minimum Gasteiger partial charge on any atom is -0.497 e. The van der Waals surface area contributed by atoms with Crippen molar-refractivity contribution in [3.05, 3.63) is 29.6 Å². The van der Waals surface area contributed by atoms with E-state index in [9.17, 15) is 9.18 Å². The van der Waals surface area contributed by atoms with E-state index in [1.807, 2.05) is 0 Å². The van der Waals surface area contributed by atoms with Crippen molar-refractivity contribution in [2.24, 2.45) is 5.92 Å². The summed E-state index contributed by atoms with van der Waals surface area (Å²) in [7, 11) is 1.47. The number of hydrogen-bond acceptors (Lipinski definition) is 2. The highest BCUT2D eigenvalue weighted by Gasteiger charge is 2.20. The molecule has 20 heavy (non-hydrogen) atoms. The number of carbonyl (C=O) groups is 1. The van der Waals surface area contributed by atoms with E-state index in [-0.39, 0.29) is 11.5 Å². The molecule has 0 saturated heterocycles. The van der Waals surface area contributed by atoms with Crippen LogP contribution < -0.4 is 10.1 Å². The molecule has 1 amide bonds. The van der Waals surface area contributed by atoms with E-state index >= 15 is 0 Å². The lowest BCUT2D eigenvalue weighted by atomic mass is 9.89. The third kappa shape index (κ3) is 3.95. The molecule has 0 bridgehead atoms. The van der Waals surface area contributed by atoms with Gasteiger partial charge in [0.1, 0.15) is 11.6 Å². The van der Waals surface area contributed by atoms with Crippen LogP contribution in [0.4, 0.5) is 4.39 Å². The summed E-state index contributed by atoms with van der Waals surface area (Å²) < 4.78 is 18.7. The smallest absolute Gasteiger partial charge is 0.254 e. The molecule has 1 saturated carbocycles. The number of amides is 1. The summed E-state index contributed by atoms with van der Waals surface area (Å²) in [5, 5.41) is 2.83. The zero-order valence-electron chi connectivity index (χ0n) is 11.5. The zero-order valence-corrected chi connectivity index (χ0v) is 13.1. The summed E-state index contributed by atoms with van der Waals surface area (Å²) in [5.74, 6) is 0.000822. The van der Waals surface area contributed by atoms with Crippen molar-refractivity contribution >= 4 is 21.8 Å². The Balaban J connectivity index is 1.88. The maximum atomic E-state index is 13.8. The first kappa shape index (κ1) is 15.3. The molecule has 0 unspecified atom stereocenters.